The van der Waals surface area contributed by atoms with Gasteiger partial charge in [-0.05, 0) is 0 Å². The Labute approximate surface area is 90.8 Å². The summed E-state index contributed by atoms with van der Waals surface area (Å²) in [6.45, 7) is 1.86. The molecule has 0 aliphatic rings. The smallest absolute Gasteiger partial charge is 0.169 e. The Morgan fingerprint density at radius 1 is 1.07 bits per heavy atom. The molecule has 5 heteroatoms. The first-order valence-corrected chi connectivity index (χ1v) is 4.80. The van der Waals surface area contributed by atoms with Crippen LogP contribution in [0.3, 0.4) is 0 Å². The number of nitriles is 2. The highest BCUT2D eigenvalue weighted by molar-refractivity contribution is 4.76. The van der Waals surface area contributed by atoms with Crippen LogP contribution in [0.15, 0.2) is 0 Å². The highest BCUT2D eigenvalue weighted by Crippen LogP contribution is 1.99. The van der Waals surface area contributed by atoms with Crippen LogP contribution in [-0.2, 0) is 9.47 Å². The van der Waals surface area contributed by atoms with Gasteiger partial charge in [0.15, 0.2) is 6.29 Å². The van der Waals surface area contributed by atoms with Crippen LogP contribution >= 0.6 is 0 Å². The molecule has 0 heterocycles. The molecule has 84 valence electrons. The van der Waals surface area contributed by atoms with E-state index >= 15 is 0 Å². The van der Waals surface area contributed by atoms with Crippen LogP contribution in [0, 0.1) is 22.7 Å². The Balaban J connectivity index is 3.99. The van der Waals surface area contributed by atoms with E-state index in [1.165, 1.54) is 0 Å². The molecule has 0 N–H and O–H groups in total. The van der Waals surface area contributed by atoms with Gasteiger partial charge < -0.3 is 9.47 Å². The second-order valence-electron chi connectivity index (χ2n) is 3.02. The number of ether oxygens (including phenoxy) is 2. The minimum Gasteiger partial charge on any atom is -0.355 e. The Morgan fingerprint density at radius 3 is 1.87 bits per heavy atom. The van der Waals surface area contributed by atoms with Crippen LogP contribution in [-0.4, -0.2) is 45.0 Å². The van der Waals surface area contributed by atoms with Crippen molar-refractivity contribution in [3.05, 3.63) is 0 Å². The highest BCUT2D eigenvalue weighted by atomic mass is 16.7. The van der Waals surface area contributed by atoms with Crippen LogP contribution in [0.2, 0.25) is 0 Å². The Morgan fingerprint density at radius 2 is 1.53 bits per heavy atom. The fourth-order valence-corrected chi connectivity index (χ4v) is 1.17. The molecule has 0 saturated heterocycles. The van der Waals surface area contributed by atoms with Gasteiger partial charge in [0.05, 0.1) is 12.1 Å². The Kier molecular flexibility index (Phi) is 8.70. The number of methoxy groups -OCH3 is 2. The zero-order valence-electron chi connectivity index (χ0n) is 9.27. The van der Waals surface area contributed by atoms with Crippen molar-refractivity contribution in [3.8, 4) is 12.1 Å². The molecule has 0 atom stereocenters. The van der Waals surface area contributed by atoms with Gasteiger partial charge in [-0.2, -0.15) is 10.5 Å². The molecule has 0 aromatic carbocycles. The number of nitrogens with zero attached hydrogens (tertiary/aromatic N) is 3. The summed E-state index contributed by atoms with van der Waals surface area (Å²) < 4.78 is 10.1. The second kappa shape index (κ2) is 9.42. The Bertz CT molecular complexity index is 210. The molecular weight excluding hydrogens is 194 g/mol. The summed E-state index contributed by atoms with van der Waals surface area (Å²) in [7, 11) is 3.14. The molecule has 0 spiro atoms. The summed E-state index contributed by atoms with van der Waals surface area (Å²) in [5.74, 6) is 0. The maximum absolute atomic E-state index is 8.48. The van der Waals surface area contributed by atoms with Crippen molar-refractivity contribution in [2.75, 3.05) is 33.9 Å². The summed E-state index contributed by atoms with van der Waals surface area (Å²) in [6, 6.07) is 4.16. The van der Waals surface area contributed by atoms with E-state index in [1.54, 1.807) is 14.2 Å². The fraction of sp³-hybridized carbons (Fsp3) is 0.800. The van der Waals surface area contributed by atoms with Gasteiger partial charge in [0.25, 0.3) is 0 Å². The van der Waals surface area contributed by atoms with Gasteiger partial charge in [0, 0.05) is 46.7 Å². The lowest BCUT2D eigenvalue weighted by atomic mass is 10.3. The van der Waals surface area contributed by atoms with Crippen molar-refractivity contribution in [3.63, 3.8) is 0 Å². The van der Waals surface area contributed by atoms with Crippen LogP contribution in [0.4, 0.5) is 0 Å². The molecule has 0 radical (unpaired) electrons. The molecular formula is C10H17N3O2. The van der Waals surface area contributed by atoms with Crippen molar-refractivity contribution in [2.24, 2.45) is 0 Å². The van der Waals surface area contributed by atoms with Gasteiger partial charge in [0.1, 0.15) is 0 Å². The lowest BCUT2D eigenvalue weighted by molar-refractivity contribution is -0.115. The Hall–Kier alpha value is -1.14. The molecule has 0 aliphatic carbocycles. The van der Waals surface area contributed by atoms with Crippen LogP contribution in [0.25, 0.3) is 0 Å². The lowest BCUT2D eigenvalue weighted by Gasteiger charge is -2.24. The standard InChI is InChI=1S/C10H17N3O2/c1-14-10(15-2)9-13(7-3-5-11)8-4-6-12/h10H,3-4,7-9H2,1-2H3. The van der Waals surface area contributed by atoms with Gasteiger partial charge in [-0.3, -0.25) is 4.90 Å². The molecule has 15 heavy (non-hydrogen) atoms. The molecule has 0 aromatic rings. The van der Waals surface area contributed by atoms with Crippen molar-refractivity contribution in [1.29, 1.82) is 10.5 Å². The van der Waals surface area contributed by atoms with E-state index in [9.17, 15) is 0 Å². The molecule has 5 nitrogen and oxygen atoms in total. The molecule has 0 fully saturated rings. The van der Waals surface area contributed by atoms with E-state index in [2.05, 4.69) is 12.1 Å². The van der Waals surface area contributed by atoms with Crippen molar-refractivity contribution in [2.45, 2.75) is 19.1 Å². The van der Waals surface area contributed by atoms with E-state index < -0.39 is 0 Å². The average Bonchev–Trinajstić information content (AvgIpc) is 2.28. The normalized spacial score (nSPS) is 10.3. The summed E-state index contributed by atoms with van der Waals surface area (Å²) in [5.41, 5.74) is 0. The molecule has 0 bridgehead atoms. The first-order valence-electron chi connectivity index (χ1n) is 4.80. The van der Waals surface area contributed by atoms with E-state index in [0.29, 0.717) is 32.5 Å². The highest BCUT2D eigenvalue weighted by Gasteiger charge is 2.12. The first kappa shape index (κ1) is 13.9. The summed E-state index contributed by atoms with van der Waals surface area (Å²) in [6.07, 6.45) is 0.597. The molecule has 0 rings (SSSR count). The van der Waals surface area contributed by atoms with Gasteiger partial charge in [-0.25, -0.2) is 0 Å². The molecule has 0 aromatic heterocycles. The summed E-state index contributed by atoms with van der Waals surface area (Å²) in [5, 5.41) is 17.0. The predicted octanol–water partition coefficient (Wildman–Crippen LogP) is 0.735. The fourth-order valence-electron chi connectivity index (χ4n) is 1.17. The SMILES string of the molecule is COC(CN(CCC#N)CCC#N)OC. The van der Waals surface area contributed by atoms with E-state index in [4.69, 9.17) is 20.0 Å². The second-order valence-corrected chi connectivity index (χ2v) is 3.02. The van der Waals surface area contributed by atoms with Gasteiger partial charge in [0.2, 0.25) is 0 Å². The minimum atomic E-state index is -0.303. The van der Waals surface area contributed by atoms with Crippen LogP contribution in [0.1, 0.15) is 12.8 Å². The lowest BCUT2D eigenvalue weighted by Crippen LogP contribution is -2.35. The number of hydrogen-bond donors (Lipinski definition) is 0. The zero-order valence-corrected chi connectivity index (χ0v) is 9.27. The third-order valence-electron chi connectivity index (χ3n) is 2.01. The monoisotopic (exact) mass is 211 g/mol. The van der Waals surface area contributed by atoms with Gasteiger partial charge >= 0.3 is 0 Å². The first-order chi connectivity index (χ1) is 7.28. The number of hydrogen-bond acceptors (Lipinski definition) is 5. The van der Waals surface area contributed by atoms with E-state index in [1.807, 2.05) is 4.90 Å². The summed E-state index contributed by atoms with van der Waals surface area (Å²) >= 11 is 0. The largest absolute Gasteiger partial charge is 0.355 e. The molecule has 0 amide bonds. The van der Waals surface area contributed by atoms with Crippen molar-refractivity contribution < 1.29 is 9.47 Å². The maximum atomic E-state index is 8.48. The molecule has 0 unspecified atom stereocenters. The van der Waals surface area contributed by atoms with Gasteiger partial charge in [-0.15, -0.1) is 0 Å². The molecule has 0 saturated carbocycles. The van der Waals surface area contributed by atoms with E-state index in [-0.39, 0.29) is 6.29 Å². The zero-order chi connectivity index (χ0) is 11.5. The van der Waals surface area contributed by atoms with E-state index in [0.717, 1.165) is 0 Å². The maximum Gasteiger partial charge on any atom is 0.169 e. The summed E-state index contributed by atoms with van der Waals surface area (Å²) in [4.78, 5) is 1.99. The third kappa shape index (κ3) is 6.87. The number of rotatable bonds is 8. The molecule has 0 aliphatic heterocycles. The van der Waals surface area contributed by atoms with Crippen molar-refractivity contribution in [1.82, 2.24) is 4.90 Å². The van der Waals surface area contributed by atoms with Crippen molar-refractivity contribution >= 4 is 0 Å². The topological polar surface area (TPSA) is 69.3 Å². The van der Waals surface area contributed by atoms with Crippen LogP contribution < -0.4 is 0 Å². The predicted molar refractivity (Wildman–Crippen MR) is 54.7 cm³/mol. The average molecular weight is 211 g/mol. The van der Waals surface area contributed by atoms with Gasteiger partial charge in [-0.1, -0.05) is 0 Å². The van der Waals surface area contributed by atoms with Crippen LogP contribution in [0.5, 0.6) is 0 Å². The minimum absolute atomic E-state index is 0.303. The third-order valence-corrected chi connectivity index (χ3v) is 2.01. The quantitative estimate of drug-likeness (QED) is 0.554.